The zero-order valence-corrected chi connectivity index (χ0v) is 9.87. The Bertz CT molecular complexity index is 200. The molecule has 2 N–H and O–H groups in total. The van der Waals surface area contributed by atoms with Gasteiger partial charge in [0.1, 0.15) is 0 Å². The molecule has 2 fully saturated rings. The van der Waals surface area contributed by atoms with Gasteiger partial charge in [0.2, 0.25) is 0 Å². The van der Waals surface area contributed by atoms with E-state index in [1.54, 1.807) is 0 Å². The maximum atomic E-state index is 5.80. The third-order valence-electron chi connectivity index (χ3n) is 4.23. The van der Waals surface area contributed by atoms with Crippen molar-refractivity contribution >= 4 is 0 Å². The van der Waals surface area contributed by atoms with Gasteiger partial charge in [-0.25, -0.2) is 0 Å². The molecule has 1 aliphatic carbocycles. The van der Waals surface area contributed by atoms with Crippen LogP contribution >= 0.6 is 0 Å². The van der Waals surface area contributed by atoms with Crippen molar-refractivity contribution in [2.24, 2.45) is 5.73 Å². The first-order valence-electron chi connectivity index (χ1n) is 6.29. The van der Waals surface area contributed by atoms with Crippen LogP contribution in [-0.4, -0.2) is 43.3 Å². The maximum absolute atomic E-state index is 5.80. The van der Waals surface area contributed by atoms with Crippen molar-refractivity contribution in [3.63, 3.8) is 0 Å². The van der Waals surface area contributed by atoms with E-state index in [4.69, 9.17) is 10.5 Å². The number of nitrogens with two attached hydrogens (primary N) is 1. The van der Waals surface area contributed by atoms with E-state index < -0.39 is 0 Å². The molecule has 0 amide bonds. The topological polar surface area (TPSA) is 38.5 Å². The molecule has 0 aromatic carbocycles. The largest absolute Gasteiger partial charge is 0.377 e. The lowest BCUT2D eigenvalue weighted by Gasteiger charge is -2.47. The van der Waals surface area contributed by atoms with Crippen LogP contribution in [0.25, 0.3) is 0 Å². The van der Waals surface area contributed by atoms with E-state index in [0.29, 0.717) is 6.04 Å². The molecule has 1 heterocycles. The quantitative estimate of drug-likeness (QED) is 0.765. The molecular weight excluding hydrogens is 188 g/mol. The van der Waals surface area contributed by atoms with Crippen LogP contribution in [0.4, 0.5) is 0 Å². The third kappa shape index (κ3) is 2.35. The van der Waals surface area contributed by atoms with E-state index in [2.05, 4.69) is 4.90 Å². The van der Waals surface area contributed by atoms with Crippen LogP contribution < -0.4 is 5.73 Å². The second kappa shape index (κ2) is 4.81. The Balaban J connectivity index is 1.89. The fourth-order valence-corrected chi connectivity index (χ4v) is 2.96. The number of rotatable bonds is 4. The van der Waals surface area contributed by atoms with Crippen molar-refractivity contribution < 1.29 is 4.74 Å². The lowest BCUT2D eigenvalue weighted by molar-refractivity contribution is -0.0839. The van der Waals surface area contributed by atoms with Crippen LogP contribution in [0.2, 0.25) is 0 Å². The molecule has 1 unspecified atom stereocenters. The van der Waals surface area contributed by atoms with Crippen LogP contribution in [0, 0.1) is 0 Å². The standard InChI is InChI=1S/C12H24N2O/c1-15-12(6-3-2-4-7-12)10-14-8-5-11(14)9-13/h11H,2-10,13H2,1H3. The van der Waals surface area contributed by atoms with Crippen molar-refractivity contribution in [1.29, 1.82) is 0 Å². The monoisotopic (exact) mass is 212 g/mol. The van der Waals surface area contributed by atoms with Crippen molar-refractivity contribution in [2.45, 2.75) is 50.2 Å². The smallest absolute Gasteiger partial charge is 0.0805 e. The zero-order chi connectivity index (χ0) is 10.7. The van der Waals surface area contributed by atoms with Crippen molar-refractivity contribution in [3.05, 3.63) is 0 Å². The summed E-state index contributed by atoms with van der Waals surface area (Å²) in [6.07, 6.45) is 7.78. The molecule has 3 heteroatoms. The number of likely N-dealkylation sites (tertiary alicyclic amines) is 1. The van der Waals surface area contributed by atoms with E-state index in [1.807, 2.05) is 7.11 Å². The summed E-state index contributed by atoms with van der Waals surface area (Å²) in [5.41, 5.74) is 5.88. The normalized spacial score (nSPS) is 31.2. The van der Waals surface area contributed by atoms with E-state index in [0.717, 1.165) is 13.1 Å². The number of methoxy groups -OCH3 is 1. The minimum atomic E-state index is 0.145. The summed E-state index contributed by atoms with van der Waals surface area (Å²) in [6, 6.07) is 0.624. The van der Waals surface area contributed by atoms with Crippen LogP contribution in [0.5, 0.6) is 0 Å². The third-order valence-corrected chi connectivity index (χ3v) is 4.23. The second-order valence-corrected chi connectivity index (χ2v) is 5.10. The summed E-state index contributed by atoms with van der Waals surface area (Å²) in [7, 11) is 1.88. The van der Waals surface area contributed by atoms with E-state index in [1.165, 1.54) is 45.1 Å². The van der Waals surface area contributed by atoms with Gasteiger partial charge in [0, 0.05) is 32.8 Å². The summed E-state index contributed by atoms with van der Waals surface area (Å²) in [5, 5.41) is 0. The van der Waals surface area contributed by atoms with Crippen LogP contribution in [-0.2, 0) is 4.74 Å². The number of ether oxygens (including phenoxy) is 1. The Morgan fingerprint density at radius 3 is 2.53 bits per heavy atom. The molecular formula is C12H24N2O. The molecule has 1 saturated carbocycles. The molecule has 0 bridgehead atoms. The Kier molecular flexibility index (Phi) is 3.65. The Morgan fingerprint density at radius 1 is 1.33 bits per heavy atom. The summed E-state index contributed by atoms with van der Waals surface area (Å²) >= 11 is 0. The second-order valence-electron chi connectivity index (χ2n) is 5.10. The van der Waals surface area contributed by atoms with Gasteiger partial charge in [0.05, 0.1) is 5.60 Å². The number of nitrogens with zero attached hydrogens (tertiary/aromatic N) is 1. The minimum absolute atomic E-state index is 0.145. The van der Waals surface area contributed by atoms with E-state index >= 15 is 0 Å². The summed E-state index contributed by atoms with van der Waals surface area (Å²) < 4.78 is 5.80. The summed E-state index contributed by atoms with van der Waals surface area (Å²) in [5.74, 6) is 0. The Hall–Kier alpha value is -0.120. The lowest BCUT2D eigenvalue weighted by atomic mass is 9.83. The van der Waals surface area contributed by atoms with Gasteiger partial charge in [-0.3, -0.25) is 4.90 Å². The molecule has 1 atom stereocenters. The molecule has 2 aliphatic rings. The fraction of sp³-hybridized carbons (Fsp3) is 1.00. The highest BCUT2D eigenvalue weighted by Crippen LogP contribution is 2.33. The van der Waals surface area contributed by atoms with Gasteiger partial charge < -0.3 is 10.5 Å². The Labute approximate surface area is 93.0 Å². The van der Waals surface area contributed by atoms with Gasteiger partial charge in [-0.05, 0) is 19.3 Å². The predicted octanol–water partition coefficient (Wildman–Crippen LogP) is 1.37. The first-order valence-corrected chi connectivity index (χ1v) is 6.29. The van der Waals surface area contributed by atoms with E-state index in [-0.39, 0.29) is 5.60 Å². The van der Waals surface area contributed by atoms with Gasteiger partial charge in [0.15, 0.2) is 0 Å². The molecule has 2 rings (SSSR count). The average Bonchev–Trinajstić information content (AvgIpc) is 2.27. The summed E-state index contributed by atoms with van der Waals surface area (Å²) in [6.45, 7) is 3.12. The molecule has 15 heavy (non-hydrogen) atoms. The first-order chi connectivity index (χ1) is 7.29. The van der Waals surface area contributed by atoms with Gasteiger partial charge >= 0.3 is 0 Å². The highest BCUT2D eigenvalue weighted by molar-refractivity contribution is 4.93. The minimum Gasteiger partial charge on any atom is -0.377 e. The van der Waals surface area contributed by atoms with Crippen molar-refractivity contribution in [1.82, 2.24) is 4.90 Å². The average molecular weight is 212 g/mol. The molecule has 1 saturated heterocycles. The molecule has 0 radical (unpaired) electrons. The molecule has 0 spiro atoms. The van der Waals surface area contributed by atoms with Gasteiger partial charge in [-0.15, -0.1) is 0 Å². The molecule has 1 aliphatic heterocycles. The zero-order valence-electron chi connectivity index (χ0n) is 9.87. The fourth-order valence-electron chi connectivity index (χ4n) is 2.96. The lowest BCUT2D eigenvalue weighted by Crippen LogP contribution is -2.58. The first kappa shape index (κ1) is 11.4. The van der Waals surface area contributed by atoms with Crippen LogP contribution in [0.1, 0.15) is 38.5 Å². The van der Waals surface area contributed by atoms with Gasteiger partial charge in [-0.1, -0.05) is 19.3 Å². The maximum Gasteiger partial charge on any atom is 0.0805 e. The molecule has 0 aromatic heterocycles. The van der Waals surface area contributed by atoms with Crippen molar-refractivity contribution in [3.8, 4) is 0 Å². The predicted molar refractivity (Wildman–Crippen MR) is 61.9 cm³/mol. The molecule has 3 nitrogen and oxygen atoms in total. The van der Waals surface area contributed by atoms with Crippen molar-refractivity contribution in [2.75, 3.05) is 26.7 Å². The molecule has 88 valence electrons. The van der Waals surface area contributed by atoms with Gasteiger partial charge in [-0.2, -0.15) is 0 Å². The van der Waals surface area contributed by atoms with E-state index in [9.17, 15) is 0 Å². The van der Waals surface area contributed by atoms with Gasteiger partial charge in [0.25, 0.3) is 0 Å². The SMILES string of the molecule is COC1(CN2CCC2CN)CCCCC1. The van der Waals surface area contributed by atoms with Crippen LogP contribution in [0.3, 0.4) is 0 Å². The molecule has 0 aromatic rings. The number of hydrogen-bond acceptors (Lipinski definition) is 3. The number of hydrogen-bond donors (Lipinski definition) is 1. The summed E-state index contributed by atoms with van der Waals surface area (Å²) in [4.78, 5) is 2.51. The highest BCUT2D eigenvalue weighted by atomic mass is 16.5. The Morgan fingerprint density at radius 2 is 2.07 bits per heavy atom. The van der Waals surface area contributed by atoms with Crippen LogP contribution in [0.15, 0.2) is 0 Å². The highest BCUT2D eigenvalue weighted by Gasteiger charge is 2.38.